The summed E-state index contributed by atoms with van der Waals surface area (Å²) in [5.74, 6) is 0.191. The van der Waals surface area contributed by atoms with Crippen LogP contribution in [-0.2, 0) is 10.5 Å². The first-order valence-corrected chi connectivity index (χ1v) is 7.11. The zero-order chi connectivity index (χ0) is 13.4. The van der Waals surface area contributed by atoms with Gasteiger partial charge in [0, 0.05) is 15.7 Å². The Kier molecular flexibility index (Phi) is 3.20. The van der Waals surface area contributed by atoms with E-state index in [1.54, 1.807) is 29.4 Å². The Labute approximate surface area is 118 Å². The number of aromatic nitrogens is 3. The lowest BCUT2D eigenvalue weighted by molar-refractivity contribution is 0.0518. The van der Waals surface area contributed by atoms with Gasteiger partial charge in [-0.05, 0) is 25.1 Å². The van der Waals surface area contributed by atoms with Gasteiger partial charge in [-0.2, -0.15) is 0 Å². The van der Waals surface area contributed by atoms with E-state index in [9.17, 15) is 4.79 Å². The Morgan fingerprint density at radius 2 is 2.42 bits per heavy atom. The Morgan fingerprint density at radius 1 is 1.58 bits per heavy atom. The largest absolute Gasteiger partial charge is 0.461 e. The van der Waals surface area contributed by atoms with Gasteiger partial charge < -0.3 is 4.74 Å². The molecular weight excluding hydrogens is 286 g/mol. The molecule has 0 fully saturated rings. The number of hydrogen-bond acceptors (Lipinski definition) is 5. The summed E-state index contributed by atoms with van der Waals surface area (Å²) in [6.45, 7) is 2.09. The second-order valence-electron chi connectivity index (χ2n) is 3.92. The number of benzene rings is 1. The third-order valence-electron chi connectivity index (χ3n) is 2.75. The zero-order valence-corrected chi connectivity index (χ0v) is 11.7. The molecule has 2 heterocycles. The van der Waals surface area contributed by atoms with E-state index < -0.39 is 5.97 Å². The summed E-state index contributed by atoms with van der Waals surface area (Å²) in [4.78, 5) is 12.8. The smallest absolute Gasteiger partial charge is 0.360 e. The molecule has 0 N–H and O–H groups in total. The SMILES string of the molecule is CCOC(=O)c1nnn2c1CSc1cc(Cl)ccc1-2. The van der Waals surface area contributed by atoms with Gasteiger partial charge in [-0.1, -0.05) is 16.8 Å². The van der Waals surface area contributed by atoms with Gasteiger partial charge >= 0.3 is 5.97 Å². The zero-order valence-electron chi connectivity index (χ0n) is 10.1. The first-order valence-electron chi connectivity index (χ1n) is 5.75. The molecule has 0 spiro atoms. The molecule has 0 saturated carbocycles. The van der Waals surface area contributed by atoms with Gasteiger partial charge in [0.15, 0.2) is 5.69 Å². The van der Waals surface area contributed by atoms with Crippen molar-refractivity contribution in [2.45, 2.75) is 17.6 Å². The number of nitrogens with zero attached hydrogens (tertiary/aromatic N) is 3. The number of thioether (sulfide) groups is 1. The predicted octanol–water partition coefficient (Wildman–Crippen LogP) is 2.70. The number of ether oxygens (including phenoxy) is 1. The van der Waals surface area contributed by atoms with E-state index in [1.165, 1.54) is 0 Å². The molecule has 0 bridgehead atoms. The highest BCUT2D eigenvalue weighted by Gasteiger charge is 2.26. The van der Waals surface area contributed by atoms with Gasteiger partial charge in [0.2, 0.25) is 0 Å². The molecule has 0 atom stereocenters. The van der Waals surface area contributed by atoms with E-state index in [0.717, 1.165) is 16.3 Å². The molecule has 3 rings (SSSR count). The summed E-state index contributed by atoms with van der Waals surface area (Å²) >= 11 is 7.57. The molecule has 98 valence electrons. The number of fused-ring (bicyclic) bond motifs is 3. The third kappa shape index (κ3) is 2.11. The number of hydrogen-bond donors (Lipinski definition) is 0. The second-order valence-corrected chi connectivity index (χ2v) is 5.37. The molecule has 1 aliphatic rings. The van der Waals surface area contributed by atoms with E-state index in [4.69, 9.17) is 16.3 Å². The van der Waals surface area contributed by atoms with Gasteiger partial charge in [-0.15, -0.1) is 16.9 Å². The number of halogens is 1. The third-order valence-corrected chi connectivity index (χ3v) is 4.04. The van der Waals surface area contributed by atoms with Crippen LogP contribution >= 0.6 is 23.4 Å². The van der Waals surface area contributed by atoms with Crippen molar-refractivity contribution in [1.82, 2.24) is 15.0 Å². The molecule has 2 aromatic rings. The van der Waals surface area contributed by atoms with Crippen LogP contribution in [0.15, 0.2) is 23.1 Å². The van der Waals surface area contributed by atoms with Crippen LogP contribution in [0.2, 0.25) is 5.02 Å². The van der Waals surface area contributed by atoms with E-state index in [2.05, 4.69) is 10.3 Å². The van der Waals surface area contributed by atoms with Crippen molar-refractivity contribution in [3.05, 3.63) is 34.6 Å². The fraction of sp³-hybridized carbons (Fsp3) is 0.250. The summed E-state index contributed by atoms with van der Waals surface area (Å²) < 4.78 is 6.65. The average Bonchev–Trinajstić information content (AvgIpc) is 2.82. The lowest BCUT2D eigenvalue weighted by Crippen LogP contribution is -2.12. The minimum absolute atomic E-state index is 0.287. The highest BCUT2D eigenvalue weighted by atomic mass is 35.5. The van der Waals surface area contributed by atoms with Gasteiger partial charge in [-0.3, -0.25) is 0 Å². The molecule has 1 aromatic carbocycles. The van der Waals surface area contributed by atoms with Crippen LogP contribution in [0.25, 0.3) is 5.69 Å². The average molecular weight is 296 g/mol. The molecule has 1 aliphatic heterocycles. The Morgan fingerprint density at radius 3 is 3.21 bits per heavy atom. The Bertz CT molecular complexity index is 656. The van der Waals surface area contributed by atoms with E-state index in [-0.39, 0.29) is 5.69 Å². The lowest BCUT2D eigenvalue weighted by Gasteiger charge is -2.17. The number of rotatable bonds is 2. The summed E-state index contributed by atoms with van der Waals surface area (Å²) in [5.41, 5.74) is 1.94. The molecule has 19 heavy (non-hydrogen) atoms. The Hall–Kier alpha value is -1.53. The maximum Gasteiger partial charge on any atom is 0.360 e. The van der Waals surface area contributed by atoms with Crippen molar-refractivity contribution in [3.63, 3.8) is 0 Å². The van der Waals surface area contributed by atoms with Gasteiger partial charge in [-0.25, -0.2) is 9.48 Å². The summed E-state index contributed by atoms with van der Waals surface area (Å²) in [7, 11) is 0. The van der Waals surface area contributed by atoms with Crippen LogP contribution in [-0.4, -0.2) is 27.6 Å². The summed E-state index contributed by atoms with van der Waals surface area (Å²) in [6.07, 6.45) is 0. The maximum atomic E-state index is 11.8. The van der Waals surface area contributed by atoms with Crippen molar-refractivity contribution < 1.29 is 9.53 Å². The predicted molar refractivity (Wildman–Crippen MR) is 71.9 cm³/mol. The van der Waals surface area contributed by atoms with Crippen LogP contribution in [0.1, 0.15) is 23.1 Å². The molecule has 0 unspecified atom stereocenters. The topological polar surface area (TPSA) is 57.0 Å². The number of esters is 1. The first-order chi connectivity index (χ1) is 9.20. The fourth-order valence-electron chi connectivity index (χ4n) is 1.91. The molecule has 5 nitrogen and oxygen atoms in total. The van der Waals surface area contributed by atoms with E-state index >= 15 is 0 Å². The van der Waals surface area contributed by atoms with Gasteiger partial charge in [0.05, 0.1) is 18.0 Å². The number of carbonyl (C=O) groups excluding carboxylic acids is 1. The van der Waals surface area contributed by atoms with E-state index in [0.29, 0.717) is 17.4 Å². The molecule has 0 aliphatic carbocycles. The lowest BCUT2D eigenvalue weighted by atomic mass is 10.3. The summed E-state index contributed by atoms with van der Waals surface area (Å²) in [6, 6.07) is 5.55. The fourth-order valence-corrected chi connectivity index (χ4v) is 3.21. The standard InChI is InChI=1S/C12H10ClN3O2S/c1-2-18-12(17)11-9-6-19-10-5-7(13)3-4-8(10)16(9)15-14-11/h3-5H,2,6H2,1H3. The van der Waals surface area contributed by atoms with Crippen molar-refractivity contribution in [3.8, 4) is 5.69 Å². The monoisotopic (exact) mass is 295 g/mol. The molecule has 7 heteroatoms. The minimum Gasteiger partial charge on any atom is -0.461 e. The van der Waals surface area contributed by atoms with Crippen LogP contribution in [0.4, 0.5) is 0 Å². The number of carbonyl (C=O) groups is 1. The van der Waals surface area contributed by atoms with Crippen LogP contribution in [0.3, 0.4) is 0 Å². The quantitative estimate of drug-likeness (QED) is 0.797. The summed E-state index contributed by atoms with van der Waals surface area (Å²) in [5, 5.41) is 8.65. The van der Waals surface area contributed by atoms with Crippen molar-refractivity contribution in [2.75, 3.05) is 6.61 Å². The first kappa shape index (κ1) is 12.5. The molecule has 0 saturated heterocycles. The van der Waals surface area contributed by atoms with Crippen molar-refractivity contribution in [1.29, 1.82) is 0 Å². The van der Waals surface area contributed by atoms with Gasteiger partial charge in [0.25, 0.3) is 0 Å². The van der Waals surface area contributed by atoms with Crippen molar-refractivity contribution >= 4 is 29.3 Å². The minimum atomic E-state index is -0.429. The highest BCUT2D eigenvalue weighted by Crippen LogP contribution is 2.36. The molecule has 0 radical (unpaired) electrons. The maximum absolute atomic E-state index is 11.8. The molecule has 0 amide bonds. The Balaban J connectivity index is 2.07. The van der Waals surface area contributed by atoms with E-state index in [1.807, 2.05) is 12.1 Å². The van der Waals surface area contributed by atoms with Gasteiger partial charge in [0.1, 0.15) is 0 Å². The highest BCUT2D eigenvalue weighted by molar-refractivity contribution is 7.98. The molecular formula is C12H10ClN3O2S. The normalized spacial score (nSPS) is 12.7. The second kappa shape index (κ2) is 4.86. The van der Waals surface area contributed by atoms with Crippen LogP contribution in [0.5, 0.6) is 0 Å². The van der Waals surface area contributed by atoms with Crippen LogP contribution in [0, 0.1) is 0 Å². The van der Waals surface area contributed by atoms with Crippen molar-refractivity contribution in [2.24, 2.45) is 0 Å². The molecule has 1 aromatic heterocycles. The van der Waals surface area contributed by atoms with Crippen LogP contribution < -0.4 is 0 Å².